The second-order valence-corrected chi connectivity index (χ2v) is 5.80. The molecule has 1 fully saturated rings. The molecule has 22 heavy (non-hydrogen) atoms. The van der Waals surface area contributed by atoms with E-state index in [2.05, 4.69) is 15.5 Å². The third-order valence-electron chi connectivity index (χ3n) is 3.79. The summed E-state index contributed by atoms with van der Waals surface area (Å²) in [6.07, 6.45) is 0.453. The predicted molar refractivity (Wildman–Crippen MR) is 89.6 cm³/mol. The Kier molecular flexibility index (Phi) is 6.96. The van der Waals surface area contributed by atoms with Gasteiger partial charge in [-0.15, -0.1) is 0 Å². The molecule has 2 rings (SSSR count). The fourth-order valence-corrected chi connectivity index (χ4v) is 2.55. The highest BCUT2D eigenvalue weighted by atomic mass is 35.5. The Morgan fingerprint density at radius 3 is 2.86 bits per heavy atom. The lowest BCUT2D eigenvalue weighted by Gasteiger charge is -2.26. The molecule has 1 aromatic rings. The molecule has 5 nitrogen and oxygen atoms in total. The molecule has 1 aliphatic rings. The van der Waals surface area contributed by atoms with Gasteiger partial charge in [0.2, 0.25) is 5.91 Å². The fourth-order valence-electron chi connectivity index (χ4n) is 2.38. The van der Waals surface area contributed by atoms with Crippen molar-refractivity contribution in [3.05, 3.63) is 28.8 Å². The number of halogens is 1. The van der Waals surface area contributed by atoms with E-state index in [0.29, 0.717) is 19.5 Å². The van der Waals surface area contributed by atoms with Crippen LogP contribution >= 0.6 is 11.6 Å². The van der Waals surface area contributed by atoms with Gasteiger partial charge in [0.05, 0.1) is 13.2 Å². The van der Waals surface area contributed by atoms with Crippen molar-refractivity contribution in [3.63, 3.8) is 0 Å². The first-order valence-corrected chi connectivity index (χ1v) is 8.10. The van der Waals surface area contributed by atoms with E-state index in [1.165, 1.54) is 0 Å². The molecule has 0 radical (unpaired) electrons. The first-order chi connectivity index (χ1) is 10.7. The van der Waals surface area contributed by atoms with Gasteiger partial charge >= 0.3 is 0 Å². The second kappa shape index (κ2) is 8.98. The van der Waals surface area contributed by atoms with Crippen LogP contribution in [0.5, 0.6) is 0 Å². The third-order valence-corrected chi connectivity index (χ3v) is 4.20. The smallest absolute Gasteiger partial charge is 0.221 e. The van der Waals surface area contributed by atoms with Crippen molar-refractivity contribution >= 4 is 23.2 Å². The normalized spacial score (nSPS) is 15.5. The fraction of sp³-hybridized carbons (Fsp3) is 0.562. The highest BCUT2D eigenvalue weighted by Crippen LogP contribution is 2.22. The van der Waals surface area contributed by atoms with Crippen LogP contribution in [0.2, 0.25) is 5.02 Å². The zero-order chi connectivity index (χ0) is 15.8. The van der Waals surface area contributed by atoms with E-state index in [9.17, 15) is 4.79 Å². The van der Waals surface area contributed by atoms with Crippen LogP contribution in [0.3, 0.4) is 0 Å². The quantitative estimate of drug-likeness (QED) is 0.804. The van der Waals surface area contributed by atoms with Gasteiger partial charge in [0.25, 0.3) is 0 Å². The molecule has 1 heterocycles. The minimum atomic E-state index is 0.0699. The molecule has 122 valence electrons. The Labute approximate surface area is 137 Å². The number of hydrogen-bond acceptors (Lipinski definition) is 4. The van der Waals surface area contributed by atoms with E-state index in [0.717, 1.165) is 49.1 Å². The molecular formula is C16H24ClN3O2. The van der Waals surface area contributed by atoms with Crippen LogP contribution in [0.15, 0.2) is 18.2 Å². The number of benzene rings is 1. The Morgan fingerprint density at radius 2 is 2.09 bits per heavy atom. The lowest BCUT2D eigenvalue weighted by Crippen LogP contribution is -2.41. The summed E-state index contributed by atoms with van der Waals surface area (Å²) in [4.78, 5) is 14.1. The summed E-state index contributed by atoms with van der Waals surface area (Å²) >= 11 is 6.06. The van der Waals surface area contributed by atoms with Gasteiger partial charge in [0.15, 0.2) is 0 Å². The van der Waals surface area contributed by atoms with Crippen molar-refractivity contribution in [2.75, 3.05) is 51.3 Å². The maximum absolute atomic E-state index is 11.8. The van der Waals surface area contributed by atoms with Gasteiger partial charge in [-0.2, -0.15) is 0 Å². The van der Waals surface area contributed by atoms with Crippen molar-refractivity contribution in [1.29, 1.82) is 0 Å². The number of amides is 1. The van der Waals surface area contributed by atoms with E-state index < -0.39 is 0 Å². The predicted octanol–water partition coefficient (Wildman–Crippen LogP) is 1.90. The number of ether oxygens (including phenoxy) is 1. The van der Waals surface area contributed by atoms with Gasteiger partial charge in [0.1, 0.15) is 0 Å². The maximum atomic E-state index is 11.8. The Hall–Kier alpha value is -1.30. The molecule has 1 amide bonds. The van der Waals surface area contributed by atoms with Crippen LogP contribution in [0.25, 0.3) is 0 Å². The number of anilines is 1. The van der Waals surface area contributed by atoms with Gasteiger partial charge in [0, 0.05) is 49.9 Å². The summed E-state index contributed by atoms with van der Waals surface area (Å²) in [6, 6.07) is 5.73. The molecule has 2 N–H and O–H groups in total. The largest absolute Gasteiger partial charge is 0.384 e. The lowest BCUT2D eigenvalue weighted by molar-refractivity contribution is -0.120. The summed E-state index contributed by atoms with van der Waals surface area (Å²) < 4.78 is 5.29. The van der Waals surface area contributed by atoms with Crippen LogP contribution in [0, 0.1) is 6.92 Å². The highest BCUT2D eigenvalue weighted by Gasteiger charge is 2.10. The first kappa shape index (κ1) is 17.1. The summed E-state index contributed by atoms with van der Waals surface area (Å²) in [6.45, 7) is 7.62. The average Bonchev–Trinajstić information content (AvgIpc) is 2.52. The summed E-state index contributed by atoms with van der Waals surface area (Å²) in [5.74, 6) is 0.0699. The molecule has 0 spiro atoms. The molecule has 1 aliphatic heterocycles. The standard InChI is InChI=1S/C16H24ClN3O2/c1-13-14(17)3-2-4-15(13)18-6-5-16(21)19-7-8-20-9-11-22-12-10-20/h2-4,18H,5-12H2,1H3,(H,19,21). The van der Waals surface area contributed by atoms with Crippen LogP contribution in [-0.2, 0) is 9.53 Å². The molecular weight excluding hydrogens is 302 g/mol. The van der Waals surface area contributed by atoms with E-state index in [1.54, 1.807) is 0 Å². The number of carbonyl (C=O) groups is 1. The van der Waals surface area contributed by atoms with Crippen LogP contribution in [0.1, 0.15) is 12.0 Å². The second-order valence-electron chi connectivity index (χ2n) is 5.39. The monoisotopic (exact) mass is 325 g/mol. The molecule has 1 aromatic carbocycles. The van der Waals surface area contributed by atoms with Crippen molar-refractivity contribution < 1.29 is 9.53 Å². The number of hydrogen-bond donors (Lipinski definition) is 2. The topological polar surface area (TPSA) is 53.6 Å². The maximum Gasteiger partial charge on any atom is 0.221 e. The summed E-state index contributed by atoms with van der Waals surface area (Å²) in [7, 11) is 0. The van der Waals surface area contributed by atoms with E-state index in [-0.39, 0.29) is 5.91 Å². The molecule has 0 bridgehead atoms. The number of rotatable bonds is 7. The van der Waals surface area contributed by atoms with Crippen LogP contribution in [-0.4, -0.2) is 56.7 Å². The molecule has 6 heteroatoms. The van der Waals surface area contributed by atoms with Gasteiger partial charge in [-0.3, -0.25) is 9.69 Å². The molecule has 0 aliphatic carbocycles. The van der Waals surface area contributed by atoms with Crippen molar-refractivity contribution in [1.82, 2.24) is 10.2 Å². The molecule has 0 aromatic heterocycles. The molecule has 0 atom stereocenters. The zero-order valence-corrected chi connectivity index (χ0v) is 13.8. The van der Waals surface area contributed by atoms with Crippen LogP contribution < -0.4 is 10.6 Å². The SMILES string of the molecule is Cc1c(Cl)cccc1NCCC(=O)NCCN1CCOCC1. The number of nitrogens with one attached hydrogen (secondary N) is 2. The Morgan fingerprint density at radius 1 is 1.32 bits per heavy atom. The van der Waals surface area contributed by atoms with Gasteiger partial charge in [-0.05, 0) is 24.6 Å². The Balaban J connectivity index is 1.60. The van der Waals surface area contributed by atoms with Gasteiger partial charge < -0.3 is 15.4 Å². The van der Waals surface area contributed by atoms with Crippen molar-refractivity contribution in [3.8, 4) is 0 Å². The van der Waals surface area contributed by atoms with Crippen molar-refractivity contribution in [2.24, 2.45) is 0 Å². The molecule has 1 saturated heterocycles. The van der Waals surface area contributed by atoms with E-state index >= 15 is 0 Å². The highest BCUT2D eigenvalue weighted by molar-refractivity contribution is 6.31. The molecule has 0 saturated carbocycles. The summed E-state index contributed by atoms with van der Waals surface area (Å²) in [5.41, 5.74) is 1.99. The summed E-state index contributed by atoms with van der Waals surface area (Å²) in [5, 5.41) is 6.94. The number of carbonyl (C=O) groups excluding carboxylic acids is 1. The Bertz CT molecular complexity index is 490. The van der Waals surface area contributed by atoms with E-state index in [1.807, 2.05) is 25.1 Å². The number of morpholine rings is 1. The van der Waals surface area contributed by atoms with Gasteiger partial charge in [-0.25, -0.2) is 0 Å². The average molecular weight is 326 g/mol. The minimum absolute atomic E-state index is 0.0699. The number of nitrogens with zero attached hydrogens (tertiary/aromatic N) is 1. The van der Waals surface area contributed by atoms with E-state index in [4.69, 9.17) is 16.3 Å². The minimum Gasteiger partial charge on any atom is -0.384 e. The zero-order valence-electron chi connectivity index (χ0n) is 13.0. The molecule has 0 unspecified atom stereocenters. The van der Waals surface area contributed by atoms with Crippen LogP contribution in [0.4, 0.5) is 5.69 Å². The third kappa shape index (κ3) is 5.48. The lowest BCUT2D eigenvalue weighted by atomic mass is 10.2. The van der Waals surface area contributed by atoms with Gasteiger partial charge in [-0.1, -0.05) is 17.7 Å². The van der Waals surface area contributed by atoms with Crippen molar-refractivity contribution in [2.45, 2.75) is 13.3 Å². The first-order valence-electron chi connectivity index (χ1n) is 7.72.